The summed E-state index contributed by atoms with van der Waals surface area (Å²) in [5, 5.41) is 0. The maximum Gasteiger partial charge on any atom is 0.338 e. The van der Waals surface area contributed by atoms with E-state index in [-0.39, 0.29) is 6.61 Å². The molecule has 3 aromatic carbocycles. The third-order valence-electron chi connectivity index (χ3n) is 4.06. The molecule has 0 radical (unpaired) electrons. The van der Waals surface area contributed by atoms with Gasteiger partial charge in [0.2, 0.25) is 0 Å². The molecule has 5 nitrogen and oxygen atoms in total. The summed E-state index contributed by atoms with van der Waals surface area (Å²) in [4.78, 5) is 24.1. The van der Waals surface area contributed by atoms with Crippen LogP contribution in [0.4, 0.5) is 0 Å². The number of carbonyl (C=O) groups excluding carboxylic acids is 2. The fourth-order valence-corrected chi connectivity index (χ4v) is 2.58. The van der Waals surface area contributed by atoms with Crippen LogP contribution in [-0.2, 0) is 16.1 Å². The third-order valence-corrected chi connectivity index (χ3v) is 4.06. The zero-order valence-electron chi connectivity index (χ0n) is 15.9. The number of rotatable bonds is 7. The van der Waals surface area contributed by atoms with Crippen LogP contribution < -0.4 is 9.47 Å². The molecule has 0 atom stereocenters. The predicted octanol–water partition coefficient (Wildman–Crippen LogP) is 4.67. The molecule has 0 bridgehead atoms. The fourth-order valence-electron chi connectivity index (χ4n) is 2.58. The molecule has 0 saturated heterocycles. The molecule has 0 spiro atoms. The van der Waals surface area contributed by atoms with Crippen LogP contribution >= 0.6 is 0 Å². The highest BCUT2D eigenvalue weighted by Crippen LogP contribution is 2.19. The van der Waals surface area contributed by atoms with Gasteiger partial charge in [-0.2, -0.15) is 0 Å². The second kappa shape index (κ2) is 9.90. The SMILES string of the molecule is COc1ccccc1/C=C/C(=O)Oc1ccc(C(=O)OCc2ccccc2)cc1. The highest BCUT2D eigenvalue weighted by molar-refractivity contribution is 5.91. The Balaban J connectivity index is 1.55. The van der Waals surface area contributed by atoms with E-state index in [4.69, 9.17) is 14.2 Å². The van der Waals surface area contributed by atoms with Gasteiger partial charge in [0.15, 0.2) is 0 Å². The fraction of sp³-hybridized carbons (Fsp3) is 0.0833. The average molecular weight is 388 g/mol. The van der Waals surface area contributed by atoms with Crippen molar-refractivity contribution in [1.82, 2.24) is 0 Å². The molecule has 0 aliphatic rings. The van der Waals surface area contributed by atoms with E-state index in [1.54, 1.807) is 43.5 Å². The zero-order valence-corrected chi connectivity index (χ0v) is 15.9. The first-order valence-electron chi connectivity index (χ1n) is 9.00. The average Bonchev–Trinajstić information content (AvgIpc) is 2.77. The molecule has 0 fully saturated rings. The zero-order chi connectivity index (χ0) is 20.5. The van der Waals surface area contributed by atoms with Crippen molar-refractivity contribution in [3.63, 3.8) is 0 Å². The molecule has 0 heterocycles. The van der Waals surface area contributed by atoms with Gasteiger partial charge in [-0.1, -0.05) is 48.5 Å². The number of hydrogen-bond donors (Lipinski definition) is 0. The van der Waals surface area contributed by atoms with Crippen LogP contribution in [0.3, 0.4) is 0 Å². The van der Waals surface area contributed by atoms with E-state index in [1.807, 2.05) is 48.5 Å². The summed E-state index contributed by atoms with van der Waals surface area (Å²) >= 11 is 0. The van der Waals surface area contributed by atoms with Gasteiger partial charge in [0, 0.05) is 11.6 Å². The molecular weight excluding hydrogens is 368 g/mol. The minimum Gasteiger partial charge on any atom is -0.496 e. The lowest BCUT2D eigenvalue weighted by Gasteiger charge is -2.06. The number of ether oxygens (including phenoxy) is 3. The second-order valence-electron chi connectivity index (χ2n) is 6.08. The maximum absolute atomic E-state index is 12.1. The van der Waals surface area contributed by atoms with E-state index in [0.717, 1.165) is 11.1 Å². The van der Waals surface area contributed by atoms with Gasteiger partial charge in [-0.3, -0.25) is 0 Å². The number of benzene rings is 3. The Kier molecular flexibility index (Phi) is 6.79. The van der Waals surface area contributed by atoms with Gasteiger partial charge in [-0.05, 0) is 42.0 Å². The van der Waals surface area contributed by atoms with Crippen molar-refractivity contribution in [3.05, 3.63) is 102 Å². The minimum absolute atomic E-state index is 0.199. The molecule has 146 valence electrons. The summed E-state index contributed by atoms with van der Waals surface area (Å²) in [6, 6.07) is 23.0. The Bertz CT molecular complexity index is 991. The van der Waals surface area contributed by atoms with Gasteiger partial charge < -0.3 is 14.2 Å². The van der Waals surface area contributed by atoms with Gasteiger partial charge in [0.05, 0.1) is 12.7 Å². The van der Waals surface area contributed by atoms with Crippen LogP contribution in [0.25, 0.3) is 6.08 Å². The van der Waals surface area contributed by atoms with Crippen molar-refractivity contribution in [2.24, 2.45) is 0 Å². The summed E-state index contributed by atoms with van der Waals surface area (Å²) in [6.07, 6.45) is 2.94. The van der Waals surface area contributed by atoms with Crippen molar-refractivity contribution in [3.8, 4) is 11.5 Å². The standard InChI is InChI=1S/C24H20O5/c1-27-22-10-6-5-9-19(22)13-16-23(25)29-21-14-11-20(12-15-21)24(26)28-17-18-7-3-2-4-8-18/h2-16H,17H2,1H3/b16-13+. The minimum atomic E-state index is -0.532. The monoisotopic (exact) mass is 388 g/mol. The van der Waals surface area contributed by atoms with Gasteiger partial charge in [0.1, 0.15) is 18.1 Å². The first-order valence-corrected chi connectivity index (χ1v) is 9.00. The second-order valence-corrected chi connectivity index (χ2v) is 6.08. The van der Waals surface area contributed by atoms with E-state index in [2.05, 4.69) is 0 Å². The maximum atomic E-state index is 12.1. The Labute approximate surface area is 169 Å². The van der Waals surface area contributed by atoms with Crippen molar-refractivity contribution in [2.45, 2.75) is 6.61 Å². The van der Waals surface area contributed by atoms with E-state index in [1.165, 1.54) is 6.08 Å². The van der Waals surface area contributed by atoms with Gasteiger partial charge in [0.25, 0.3) is 0 Å². The molecule has 0 aliphatic heterocycles. The van der Waals surface area contributed by atoms with Crippen LogP contribution in [-0.4, -0.2) is 19.0 Å². The Hall–Kier alpha value is -3.86. The molecule has 0 aliphatic carbocycles. The molecule has 0 N–H and O–H groups in total. The molecule has 3 aromatic rings. The number of carbonyl (C=O) groups is 2. The predicted molar refractivity (Wildman–Crippen MR) is 110 cm³/mol. The van der Waals surface area contributed by atoms with Gasteiger partial charge >= 0.3 is 11.9 Å². The molecule has 3 rings (SSSR count). The van der Waals surface area contributed by atoms with Gasteiger partial charge in [-0.25, -0.2) is 9.59 Å². The highest BCUT2D eigenvalue weighted by atomic mass is 16.5. The molecule has 0 aromatic heterocycles. The molecule has 0 amide bonds. The van der Waals surface area contributed by atoms with E-state index in [0.29, 0.717) is 17.1 Å². The summed E-state index contributed by atoms with van der Waals surface area (Å²) in [6.45, 7) is 0.199. The number of esters is 2. The van der Waals surface area contributed by atoms with Crippen molar-refractivity contribution in [2.75, 3.05) is 7.11 Å². The summed E-state index contributed by atoms with van der Waals surface area (Å²) in [7, 11) is 1.57. The van der Waals surface area contributed by atoms with Crippen molar-refractivity contribution >= 4 is 18.0 Å². The Morgan fingerprint density at radius 3 is 2.28 bits per heavy atom. The molecule has 0 saturated carbocycles. The third kappa shape index (κ3) is 5.81. The van der Waals surface area contributed by atoms with E-state index < -0.39 is 11.9 Å². The van der Waals surface area contributed by atoms with Crippen molar-refractivity contribution < 1.29 is 23.8 Å². The van der Waals surface area contributed by atoms with E-state index in [9.17, 15) is 9.59 Å². The van der Waals surface area contributed by atoms with Crippen LogP contribution in [0, 0.1) is 0 Å². The molecule has 29 heavy (non-hydrogen) atoms. The van der Waals surface area contributed by atoms with Crippen LogP contribution in [0.1, 0.15) is 21.5 Å². The quantitative estimate of drug-likeness (QED) is 0.334. The number of methoxy groups -OCH3 is 1. The lowest BCUT2D eigenvalue weighted by atomic mass is 10.2. The van der Waals surface area contributed by atoms with E-state index >= 15 is 0 Å². The first kappa shape index (κ1) is 19.9. The summed E-state index contributed by atoms with van der Waals surface area (Å²) < 4.78 is 15.8. The molecule has 0 unspecified atom stereocenters. The van der Waals surface area contributed by atoms with Crippen molar-refractivity contribution in [1.29, 1.82) is 0 Å². The lowest BCUT2D eigenvalue weighted by Crippen LogP contribution is -2.06. The van der Waals surface area contributed by atoms with Crippen LogP contribution in [0.2, 0.25) is 0 Å². The largest absolute Gasteiger partial charge is 0.496 e. The summed E-state index contributed by atoms with van der Waals surface area (Å²) in [5.41, 5.74) is 2.06. The smallest absolute Gasteiger partial charge is 0.338 e. The Morgan fingerprint density at radius 2 is 1.55 bits per heavy atom. The highest BCUT2D eigenvalue weighted by Gasteiger charge is 2.09. The first-order chi connectivity index (χ1) is 14.2. The molecule has 5 heteroatoms. The summed E-state index contributed by atoms with van der Waals surface area (Å²) in [5.74, 6) is 0.0207. The number of para-hydroxylation sites is 1. The topological polar surface area (TPSA) is 61.8 Å². The van der Waals surface area contributed by atoms with Gasteiger partial charge in [-0.15, -0.1) is 0 Å². The van der Waals surface area contributed by atoms with Crippen LogP contribution in [0.15, 0.2) is 84.9 Å². The van der Waals surface area contributed by atoms with Crippen LogP contribution in [0.5, 0.6) is 11.5 Å². The lowest BCUT2D eigenvalue weighted by molar-refractivity contribution is -0.128. The Morgan fingerprint density at radius 1 is 0.862 bits per heavy atom. The molecular formula is C24H20O5. The number of hydrogen-bond acceptors (Lipinski definition) is 5. The normalized spacial score (nSPS) is 10.5.